The standard InChI is InChI=1S/C12H16N4O2/c1-7-9(11(17)18)16-12(13-7)14-10(15-16)8-5-3-2-4-6-8/h8H,2-6H2,1H3,(H,17,18)(H,13,14,15). The fraction of sp³-hybridized carbons (Fsp3) is 0.583. The number of aromatic carboxylic acids is 1. The molecule has 18 heavy (non-hydrogen) atoms. The van der Waals surface area contributed by atoms with Gasteiger partial charge in [0.25, 0.3) is 5.78 Å². The van der Waals surface area contributed by atoms with Crippen molar-refractivity contribution in [2.75, 3.05) is 0 Å². The molecule has 0 bridgehead atoms. The minimum atomic E-state index is -0.973. The zero-order chi connectivity index (χ0) is 12.7. The Morgan fingerprint density at radius 2 is 2.06 bits per heavy atom. The number of aryl methyl sites for hydroxylation is 1. The molecule has 1 aliphatic carbocycles. The third-order valence-electron chi connectivity index (χ3n) is 3.68. The molecule has 0 amide bonds. The predicted octanol–water partition coefficient (Wildman–Crippen LogP) is 2.11. The molecule has 2 heterocycles. The minimum Gasteiger partial charge on any atom is -0.476 e. The van der Waals surface area contributed by atoms with E-state index in [2.05, 4.69) is 15.1 Å². The Balaban J connectivity index is 2.03. The monoisotopic (exact) mass is 248 g/mol. The number of aromatic nitrogens is 4. The van der Waals surface area contributed by atoms with Crippen LogP contribution in [0, 0.1) is 6.92 Å². The van der Waals surface area contributed by atoms with Crippen molar-refractivity contribution in [3.8, 4) is 0 Å². The number of rotatable bonds is 2. The summed E-state index contributed by atoms with van der Waals surface area (Å²) in [6, 6.07) is 0. The van der Waals surface area contributed by atoms with E-state index in [0.717, 1.165) is 18.7 Å². The summed E-state index contributed by atoms with van der Waals surface area (Å²) in [7, 11) is 0. The van der Waals surface area contributed by atoms with Crippen LogP contribution in [0.3, 0.4) is 0 Å². The maximum Gasteiger partial charge on any atom is 0.356 e. The summed E-state index contributed by atoms with van der Waals surface area (Å²) in [5.74, 6) is 0.784. The molecule has 3 rings (SSSR count). The Hall–Kier alpha value is -1.85. The lowest BCUT2D eigenvalue weighted by Gasteiger charge is -2.18. The van der Waals surface area contributed by atoms with Gasteiger partial charge in [0, 0.05) is 5.92 Å². The number of aromatic amines is 1. The van der Waals surface area contributed by atoms with E-state index in [9.17, 15) is 4.79 Å². The molecular formula is C12H16N4O2. The molecule has 2 aromatic rings. The van der Waals surface area contributed by atoms with Crippen molar-refractivity contribution in [1.82, 2.24) is 19.6 Å². The number of carboxylic acids is 1. The quantitative estimate of drug-likeness (QED) is 0.852. The number of nitrogens with zero attached hydrogens (tertiary/aromatic N) is 3. The molecule has 6 nitrogen and oxygen atoms in total. The van der Waals surface area contributed by atoms with Gasteiger partial charge in [-0.15, -0.1) is 0 Å². The van der Waals surface area contributed by atoms with Gasteiger partial charge in [0.2, 0.25) is 0 Å². The van der Waals surface area contributed by atoms with E-state index in [1.807, 2.05) is 0 Å². The van der Waals surface area contributed by atoms with Gasteiger partial charge < -0.3 is 5.11 Å². The molecule has 2 aromatic heterocycles. The van der Waals surface area contributed by atoms with Gasteiger partial charge >= 0.3 is 5.97 Å². The fourth-order valence-electron chi connectivity index (χ4n) is 2.75. The highest BCUT2D eigenvalue weighted by Crippen LogP contribution is 2.31. The van der Waals surface area contributed by atoms with E-state index in [4.69, 9.17) is 5.11 Å². The highest BCUT2D eigenvalue weighted by molar-refractivity contribution is 5.87. The third kappa shape index (κ3) is 1.68. The van der Waals surface area contributed by atoms with Crippen LogP contribution in [0.1, 0.15) is 60.0 Å². The second-order valence-electron chi connectivity index (χ2n) is 4.93. The first-order valence-electron chi connectivity index (χ1n) is 6.35. The zero-order valence-electron chi connectivity index (χ0n) is 10.3. The van der Waals surface area contributed by atoms with Crippen molar-refractivity contribution in [2.24, 2.45) is 0 Å². The number of carbonyl (C=O) groups is 1. The highest BCUT2D eigenvalue weighted by atomic mass is 16.4. The fourth-order valence-corrected chi connectivity index (χ4v) is 2.75. The van der Waals surface area contributed by atoms with Gasteiger partial charge in [0.05, 0.1) is 5.69 Å². The topological polar surface area (TPSA) is 83.3 Å². The Kier molecular flexibility index (Phi) is 2.57. The first kappa shape index (κ1) is 11.3. The third-order valence-corrected chi connectivity index (χ3v) is 3.68. The smallest absolute Gasteiger partial charge is 0.356 e. The van der Waals surface area contributed by atoms with Gasteiger partial charge in [-0.2, -0.15) is 4.98 Å². The van der Waals surface area contributed by atoms with Gasteiger partial charge in [0.15, 0.2) is 5.69 Å². The minimum absolute atomic E-state index is 0.180. The van der Waals surface area contributed by atoms with Crippen LogP contribution in [-0.2, 0) is 0 Å². The van der Waals surface area contributed by atoms with E-state index in [-0.39, 0.29) is 5.69 Å². The van der Waals surface area contributed by atoms with Crippen molar-refractivity contribution in [3.05, 3.63) is 17.2 Å². The molecule has 96 valence electrons. The average Bonchev–Trinajstić information content (AvgIpc) is 2.85. The molecule has 0 saturated heterocycles. The lowest BCUT2D eigenvalue weighted by atomic mass is 9.89. The zero-order valence-corrected chi connectivity index (χ0v) is 10.3. The van der Waals surface area contributed by atoms with Crippen molar-refractivity contribution in [1.29, 1.82) is 0 Å². The van der Waals surface area contributed by atoms with E-state index in [1.54, 1.807) is 6.92 Å². The summed E-state index contributed by atoms with van der Waals surface area (Å²) in [6.45, 7) is 1.69. The van der Waals surface area contributed by atoms with Crippen LogP contribution in [0.4, 0.5) is 0 Å². The number of fused-ring (bicyclic) bond motifs is 1. The van der Waals surface area contributed by atoms with Crippen LogP contribution in [0.5, 0.6) is 0 Å². The maximum atomic E-state index is 11.2. The van der Waals surface area contributed by atoms with Gasteiger partial charge in [-0.05, 0) is 19.8 Å². The van der Waals surface area contributed by atoms with Crippen molar-refractivity contribution in [2.45, 2.75) is 44.9 Å². The normalized spacial score (nSPS) is 17.4. The summed E-state index contributed by atoms with van der Waals surface area (Å²) in [6.07, 6.45) is 5.97. The number of hydrogen-bond acceptors (Lipinski definition) is 3. The highest BCUT2D eigenvalue weighted by Gasteiger charge is 2.23. The molecule has 1 fully saturated rings. The van der Waals surface area contributed by atoms with E-state index >= 15 is 0 Å². The Morgan fingerprint density at radius 1 is 1.33 bits per heavy atom. The van der Waals surface area contributed by atoms with Gasteiger partial charge in [-0.25, -0.2) is 14.3 Å². The Morgan fingerprint density at radius 3 is 2.72 bits per heavy atom. The summed E-state index contributed by atoms with van der Waals surface area (Å²) < 4.78 is 1.49. The van der Waals surface area contributed by atoms with Gasteiger partial charge in [-0.1, -0.05) is 19.3 Å². The van der Waals surface area contributed by atoms with E-state index < -0.39 is 5.97 Å². The van der Waals surface area contributed by atoms with Crippen molar-refractivity contribution >= 4 is 11.7 Å². The summed E-state index contributed by atoms with van der Waals surface area (Å²) in [5.41, 5.74) is 0.677. The lowest BCUT2D eigenvalue weighted by molar-refractivity contribution is 0.0687. The number of imidazole rings is 1. The SMILES string of the molecule is Cc1nc2nc(C3CCCCC3)[nH]n2c1C(=O)O. The molecule has 6 heteroatoms. The molecule has 1 saturated carbocycles. The lowest BCUT2D eigenvalue weighted by Crippen LogP contribution is -2.08. The second kappa shape index (κ2) is 4.12. The molecule has 0 aromatic carbocycles. The molecule has 0 aliphatic heterocycles. The van der Waals surface area contributed by atoms with Crippen LogP contribution in [0.2, 0.25) is 0 Å². The van der Waals surface area contributed by atoms with Crippen molar-refractivity contribution in [3.63, 3.8) is 0 Å². The molecule has 0 radical (unpaired) electrons. The van der Waals surface area contributed by atoms with Gasteiger partial charge in [-0.3, -0.25) is 5.10 Å². The van der Waals surface area contributed by atoms with Crippen LogP contribution < -0.4 is 0 Å². The number of nitrogens with one attached hydrogen (secondary N) is 1. The molecular weight excluding hydrogens is 232 g/mol. The van der Waals surface area contributed by atoms with E-state index in [1.165, 1.54) is 23.8 Å². The molecule has 0 atom stereocenters. The molecule has 1 aliphatic rings. The van der Waals surface area contributed by atoms with Crippen LogP contribution in [0.15, 0.2) is 0 Å². The predicted molar refractivity (Wildman–Crippen MR) is 64.9 cm³/mol. The largest absolute Gasteiger partial charge is 0.476 e. The Labute approximate surface area is 104 Å². The number of carboxylic acid groups (broad SMARTS) is 1. The summed E-state index contributed by atoms with van der Waals surface area (Å²) >= 11 is 0. The second-order valence-corrected chi connectivity index (χ2v) is 4.93. The molecule has 2 N–H and O–H groups in total. The summed E-state index contributed by atoms with van der Waals surface area (Å²) in [5, 5.41) is 12.3. The molecule has 0 spiro atoms. The van der Waals surface area contributed by atoms with E-state index in [0.29, 0.717) is 17.4 Å². The summed E-state index contributed by atoms with van der Waals surface area (Å²) in [4.78, 5) is 19.8. The van der Waals surface area contributed by atoms with Gasteiger partial charge in [0.1, 0.15) is 5.82 Å². The van der Waals surface area contributed by atoms with Crippen molar-refractivity contribution < 1.29 is 9.90 Å². The molecule has 0 unspecified atom stereocenters. The first-order chi connectivity index (χ1) is 8.66. The average molecular weight is 248 g/mol. The van der Waals surface area contributed by atoms with Crippen LogP contribution >= 0.6 is 0 Å². The van der Waals surface area contributed by atoms with Crippen LogP contribution in [0.25, 0.3) is 5.78 Å². The number of H-pyrrole nitrogens is 1. The maximum absolute atomic E-state index is 11.2. The number of hydrogen-bond donors (Lipinski definition) is 2. The first-order valence-corrected chi connectivity index (χ1v) is 6.35. The Bertz CT molecular complexity index is 593. The van der Waals surface area contributed by atoms with Crippen LogP contribution in [-0.4, -0.2) is 30.7 Å².